The van der Waals surface area contributed by atoms with E-state index in [1.807, 2.05) is 0 Å². The molecule has 2 N–H and O–H groups in total. The fourth-order valence-electron chi connectivity index (χ4n) is 1.99. The molecule has 0 unspecified atom stereocenters. The van der Waals surface area contributed by atoms with Crippen LogP contribution in [0.25, 0.3) is 5.69 Å². The Morgan fingerprint density at radius 2 is 1.91 bits per heavy atom. The van der Waals surface area contributed by atoms with Gasteiger partial charge in [0.15, 0.2) is 5.69 Å². The van der Waals surface area contributed by atoms with Crippen molar-refractivity contribution in [2.75, 3.05) is 5.32 Å². The van der Waals surface area contributed by atoms with Gasteiger partial charge in [-0.1, -0.05) is 12.1 Å². The molecule has 120 valence electrons. The maximum atomic E-state index is 12.5. The quantitative estimate of drug-likeness (QED) is 0.775. The van der Waals surface area contributed by atoms with Crippen molar-refractivity contribution in [1.29, 1.82) is 0 Å². The van der Waals surface area contributed by atoms with E-state index in [0.29, 0.717) is 24.0 Å². The van der Waals surface area contributed by atoms with Gasteiger partial charge in [0.2, 0.25) is 5.95 Å². The predicted octanol–water partition coefficient (Wildman–Crippen LogP) is 2.93. The molecule has 0 bridgehead atoms. The Hall–Kier alpha value is -2.84. The molecule has 0 aliphatic carbocycles. The van der Waals surface area contributed by atoms with E-state index in [9.17, 15) is 13.2 Å². The standard InChI is InChI=1S/C14H13F3N6/c1-9-19-13(21-20-9)18-8-10-2-4-11(5-3-10)23-7-6-12(22-23)14(15,16)17/h2-7H,8H2,1H3,(H2,18,19,20,21). The van der Waals surface area contributed by atoms with Crippen molar-refractivity contribution in [1.82, 2.24) is 25.0 Å². The van der Waals surface area contributed by atoms with E-state index in [2.05, 4.69) is 25.6 Å². The van der Waals surface area contributed by atoms with Gasteiger partial charge in [-0.2, -0.15) is 23.3 Å². The summed E-state index contributed by atoms with van der Waals surface area (Å²) in [5.74, 6) is 1.20. The smallest absolute Gasteiger partial charge is 0.349 e. The van der Waals surface area contributed by atoms with Crippen molar-refractivity contribution >= 4 is 5.95 Å². The Bertz CT molecular complexity index is 787. The molecule has 3 aromatic rings. The summed E-state index contributed by atoms with van der Waals surface area (Å²) in [5, 5.41) is 13.2. The number of hydrogen-bond donors (Lipinski definition) is 2. The zero-order valence-electron chi connectivity index (χ0n) is 12.1. The third-order valence-electron chi connectivity index (χ3n) is 3.13. The van der Waals surface area contributed by atoms with Gasteiger partial charge in [0.1, 0.15) is 5.82 Å². The fourth-order valence-corrected chi connectivity index (χ4v) is 1.99. The van der Waals surface area contributed by atoms with Crippen molar-refractivity contribution in [2.45, 2.75) is 19.6 Å². The highest BCUT2D eigenvalue weighted by molar-refractivity contribution is 5.36. The van der Waals surface area contributed by atoms with Crippen LogP contribution in [-0.4, -0.2) is 25.0 Å². The molecule has 1 aromatic carbocycles. The molecule has 0 amide bonds. The highest BCUT2D eigenvalue weighted by Crippen LogP contribution is 2.27. The molecule has 0 spiro atoms. The van der Waals surface area contributed by atoms with Crippen molar-refractivity contribution in [3.63, 3.8) is 0 Å². The minimum absolute atomic E-state index is 0.494. The summed E-state index contributed by atoms with van der Waals surface area (Å²) in [6, 6.07) is 7.95. The van der Waals surface area contributed by atoms with Crippen LogP contribution in [0, 0.1) is 6.92 Å². The molecule has 3 rings (SSSR count). The number of nitrogens with zero attached hydrogens (tertiary/aromatic N) is 4. The first-order chi connectivity index (χ1) is 10.9. The van der Waals surface area contributed by atoms with Gasteiger partial charge in [0.05, 0.1) is 5.69 Å². The van der Waals surface area contributed by atoms with Crippen LogP contribution in [0.5, 0.6) is 0 Å². The zero-order chi connectivity index (χ0) is 16.4. The summed E-state index contributed by atoms with van der Waals surface area (Å²) < 4.78 is 38.8. The molecule has 2 heterocycles. The summed E-state index contributed by atoms with van der Waals surface area (Å²) in [5.41, 5.74) is 0.584. The predicted molar refractivity (Wildman–Crippen MR) is 77.0 cm³/mol. The average Bonchev–Trinajstić information content (AvgIpc) is 3.14. The SMILES string of the molecule is Cc1nc(NCc2ccc(-n3ccc(C(F)(F)F)n3)cc2)n[nH]1. The van der Waals surface area contributed by atoms with Crippen LogP contribution in [0.3, 0.4) is 0 Å². The lowest BCUT2D eigenvalue weighted by molar-refractivity contribution is -0.141. The molecule has 2 aromatic heterocycles. The molecule has 0 aliphatic rings. The lowest BCUT2D eigenvalue weighted by Crippen LogP contribution is -2.07. The van der Waals surface area contributed by atoms with Gasteiger partial charge in [0.25, 0.3) is 0 Å². The van der Waals surface area contributed by atoms with Crippen molar-refractivity contribution in [3.8, 4) is 5.69 Å². The Kier molecular flexibility index (Phi) is 3.77. The lowest BCUT2D eigenvalue weighted by atomic mass is 10.2. The second kappa shape index (κ2) is 5.75. The van der Waals surface area contributed by atoms with Gasteiger partial charge in [-0.3, -0.25) is 5.10 Å². The van der Waals surface area contributed by atoms with Crippen LogP contribution < -0.4 is 5.32 Å². The molecule has 23 heavy (non-hydrogen) atoms. The summed E-state index contributed by atoms with van der Waals surface area (Å²) in [6.45, 7) is 2.30. The Balaban J connectivity index is 1.68. The minimum Gasteiger partial charge on any atom is -0.349 e. The van der Waals surface area contributed by atoms with Gasteiger partial charge in [-0.15, -0.1) is 5.10 Å². The van der Waals surface area contributed by atoms with E-state index < -0.39 is 11.9 Å². The summed E-state index contributed by atoms with van der Waals surface area (Å²) in [6.07, 6.45) is -3.16. The molecule has 0 fully saturated rings. The average molecular weight is 322 g/mol. The molecule has 0 atom stereocenters. The zero-order valence-corrected chi connectivity index (χ0v) is 12.1. The largest absolute Gasteiger partial charge is 0.435 e. The van der Waals surface area contributed by atoms with E-state index in [1.54, 1.807) is 31.2 Å². The van der Waals surface area contributed by atoms with Crippen molar-refractivity contribution in [3.05, 3.63) is 53.6 Å². The number of nitrogens with one attached hydrogen (secondary N) is 2. The lowest BCUT2D eigenvalue weighted by Gasteiger charge is -2.05. The van der Waals surface area contributed by atoms with Crippen LogP contribution >= 0.6 is 0 Å². The number of hydrogen-bond acceptors (Lipinski definition) is 4. The number of aromatic nitrogens is 5. The van der Waals surface area contributed by atoms with Crippen LogP contribution in [0.15, 0.2) is 36.5 Å². The Morgan fingerprint density at radius 1 is 1.17 bits per heavy atom. The van der Waals surface area contributed by atoms with Crippen LogP contribution in [-0.2, 0) is 12.7 Å². The molecular formula is C14H13F3N6. The maximum Gasteiger partial charge on any atom is 0.435 e. The third kappa shape index (κ3) is 3.50. The van der Waals surface area contributed by atoms with Gasteiger partial charge in [-0.05, 0) is 30.7 Å². The highest BCUT2D eigenvalue weighted by Gasteiger charge is 2.33. The first-order valence-corrected chi connectivity index (χ1v) is 6.77. The van der Waals surface area contributed by atoms with Crippen molar-refractivity contribution < 1.29 is 13.2 Å². The second-order valence-electron chi connectivity index (χ2n) is 4.91. The highest BCUT2D eigenvalue weighted by atomic mass is 19.4. The third-order valence-corrected chi connectivity index (χ3v) is 3.13. The van der Waals surface area contributed by atoms with Crippen LogP contribution in [0.2, 0.25) is 0 Å². The molecule has 0 radical (unpaired) electrons. The number of H-pyrrole nitrogens is 1. The van der Waals surface area contributed by atoms with Gasteiger partial charge in [-0.25, -0.2) is 4.68 Å². The van der Waals surface area contributed by atoms with Gasteiger partial charge in [0, 0.05) is 12.7 Å². The topological polar surface area (TPSA) is 71.4 Å². The Morgan fingerprint density at radius 3 is 2.48 bits per heavy atom. The van der Waals surface area contributed by atoms with E-state index in [1.165, 1.54) is 10.9 Å². The number of halogens is 3. The van der Waals surface area contributed by atoms with Crippen molar-refractivity contribution in [2.24, 2.45) is 0 Å². The first kappa shape index (κ1) is 15.1. The van der Waals surface area contributed by atoms with E-state index in [-0.39, 0.29) is 0 Å². The number of rotatable bonds is 4. The Labute approximate surface area is 129 Å². The molecule has 9 heteroatoms. The number of aryl methyl sites for hydroxylation is 1. The summed E-state index contributed by atoms with van der Waals surface area (Å²) in [7, 11) is 0. The fraction of sp³-hybridized carbons (Fsp3) is 0.214. The summed E-state index contributed by atoms with van der Waals surface area (Å²) in [4.78, 5) is 4.12. The van der Waals surface area contributed by atoms with E-state index in [0.717, 1.165) is 11.6 Å². The maximum absolute atomic E-state index is 12.5. The first-order valence-electron chi connectivity index (χ1n) is 6.77. The number of aromatic amines is 1. The monoisotopic (exact) mass is 322 g/mol. The van der Waals surface area contributed by atoms with E-state index in [4.69, 9.17) is 0 Å². The van der Waals surface area contributed by atoms with Gasteiger partial charge >= 0.3 is 6.18 Å². The number of alkyl halides is 3. The van der Waals surface area contributed by atoms with E-state index >= 15 is 0 Å². The second-order valence-corrected chi connectivity index (χ2v) is 4.91. The van der Waals surface area contributed by atoms with Crippen LogP contribution in [0.1, 0.15) is 17.1 Å². The summed E-state index contributed by atoms with van der Waals surface area (Å²) >= 11 is 0. The normalized spacial score (nSPS) is 11.7. The minimum atomic E-state index is -4.44. The number of anilines is 1. The molecule has 0 saturated heterocycles. The van der Waals surface area contributed by atoms with Crippen LogP contribution in [0.4, 0.5) is 19.1 Å². The molecule has 0 aliphatic heterocycles. The molecule has 6 nitrogen and oxygen atoms in total. The molecule has 0 saturated carbocycles. The number of benzene rings is 1. The van der Waals surface area contributed by atoms with Gasteiger partial charge < -0.3 is 5.32 Å². The molecular weight excluding hydrogens is 309 g/mol.